The average Bonchev–Trinajstić information content (AvgIpc) is 3.08. The van der Waals surface area contributed by atoms with E-state index in [1.54, 1.807) is 30.3 Å². The van der Waals surface area contributed by atoms with E-state index in [1.165, 1.54) is 7.11 Å². The van der Waals surface area contributed by atoms with E-state index in [0.29, 0.717) is 55.1 Å². The molecule has 0 saturated carbocycles. The first-order valence-electron chi connectivity index (χ1n) is 15.5. The van der Waals surface area contributed by atoms with Gasteiger partial charge in [-0.2, -0.15) is 0 Å². The fourth-order valence-corrected chi connectivity index (χ4v) is 5.09. The Hall–Kier alpha value is -4.91. The number of anilines is 1. The predicted molar refractivity (Wildman–Crippen MR) is 177 cm³/mol. The lowest BCUT2D eigenvalue weighted by Gasteiger charge is -2.23. The van der Waals surface area contributed by atoms with Gasteiger partial charge < -0.3 is 19.7 Å². The molecule has 4 aromatic carbocycles. The molecule has 1 atom stereocenters. The predicted octanol–water partition coefficient (Wildman–Crippen LogP) is 7.10. The zero-order valence-corrected chi connectivity index (χ0v) is 26.1. The fourth-order valence-electron chi connectivity index (χ4n) is 5.09. The van der Waals surface area contributed by atoms with E-state index in [0.717, 1.165) is 30.4 Å². The Morgan fingerprint density at radius 2 is 1.44 bits per heavy atom. The maximum atomic E-state index is 13.2. The topological polar surface area (TPSA) is 84.9 Å². The molecule has 0 spiro atoms. The number of hydrogen-bond donors (Lipinski definition) is 1. The molecule has 0 radical (unpaired) electrons. The van der Waals surface area contributed by atoms with Crippen molar-refractivity contribution in [1.29, 1.82) is 0 Å². The fraction of sp³-hybridized carbons (Fsp3) is 0.289. The minimum atomic E-state index is -0.711. The maximum Gasteiger partial charge on any atom is 0.328 e. The number of unbranched alkanes of at least 4 members (excludes halogenated alkanes) is 2. The van der Waals surface area contributed by atoms with Crippen molar-refractivity contribution in [2.24, 2.45) is 0 Å². The highest BCUT2D eigenvalue weighted by Crippen LogP contribution is 2.22. The molecule has 0 heterocycles. The van der Waals surface area contributed by atoms with Crippen LogP contribution in [0.15, 0.2) is 109 Å². The molecular weight excluding hydrogens is 564 g/mol. The van der Waals surface area contributed by atoms with E-state index in [2.05, 4.69) is 12.2 Å². The van der Waals surface area contributed by atoms with Crippen molar-refractivity contribution in [3.8, 4) is 5.75 Å². The number of nitrogens with one attached hydrogen (secondary N) is 1. The van der Waals surface area contributed by atoms with Crippen LogP contribution in [0.2, 0.25) is 0 Å². The number of nitrogens with zero attached hydrogens (tertiary/aromatic N) is 1. The molecule has 0 aliphatic carbocycles. The standard InChI is InChI=1S/C38H42N2O5/c1-3-4-7-20-36(41)40(28-30-14-8-5-9-15-30)25-26-45-32-23-21-29(22-24-32)27-35(38(43)44-2)39-34-19-13-12-18-33(34)37(42)31-16-10-6-11-17-31/h5-6,8-19,21-24,35,39H,3-4,7,20,25-28H2,1-2H3/t35-/m0/s1. The number of amides is 1. The van der Waals surface area contributed by atoms with E-state index in [-0.39, 0.29) is 11.7 Å². The summed E-state index contributed by atoms with van der Waals surface area (Å²) < 4.78 is 11.1. The maximum absolute atomic E-state index is 13.2. The largest absolute Gasteiger partial charge is 0.492 e. The lowest BCUT2D eigenvalue weighted by molar-refractivity contribution is -0.141. The van der Waals surface area contributed by atoms with Gasteiger partial charge in [0, 0.05) is 36.2 Å². The number of methoxy groups -OCH3 is 1. The number of ether oxygens (including phenoxy) is 2. The highest BCUT2D eigenvalue weighted by molar-refractivity contribution is 6.12. The summed E-state index contributed by atoms with van der Waals surface area (Å²) in [6, 6.07) is 33.0. The highest BCUT2D eigenvalue weighted by atomic mass is 16.5. The lowest BCUT2D eigenvalue weighted by atomic mass is 10.00. The number of benzene rings is 4. The van der Waals surface area contributed by atoms with Crippen molar-refractivity contribution in [3.05, 3.63) is 131 Å². The summed E-state index contributed by atoms with van der Waals surface area (Å²) in [6.45, 7) is 3.53. The smallest absolute Gasteiger partial charge is 0.328 e. The first-order chi connectivity index (χ1) is 22.0. The third-order valence-electron chi connectivity index (χ3n) is 7.58. The summed E-state index contributed by atoms with van der Waals surface area (Å²) in [7, 11) is 1.35. The minimum Gasteiger partial charge on any atom is -0.492 e. The van der Waals surface area contributed by atoms with Crippen molar-refractivity contribution in [2.75, 3.05) is 25.6 Å². The van der Waals surface area contributed by atoms with Crippen molar-refractivity contribution in [1.82, 2.24) is 4.90 Å². The first kappa shape index (κ1) is 33.0. The Bertz CT molecular complexity index is 1510. The van der Waals surface area contributed by atoms with Gasteiger partial charge in [0.05, 0.1) is 13.7 Å². The number of rotatable bonds is 17. The van der Waals surface area contributed by atoms with Crippen LogP contribution < -0.4 is 10.1 Å². The van der Waals surface area contributed by atoms with Gasteiger partial charge in [-0.05, 0) is 41.8 Å². The summed E-state index contributed by atoms with van der Waals surface area (Å²) >= 11 is 0. The minimum absolute atomic E-state index is 0.131. The lowest BCUT2D eigenvalue weighted by Crippen LogP contribution is -2.34. The Labute approximate surface area is 266 Å². The van der Waals surface area contributed by atoms with E-state index >= 15 is 0 Å². The van der Waals surface area contributed by atoms with Crippen LogP contribution in [0.1, 0.15) is 59.7 Å². The number of esters is 1. The van der Waals surface area contributed by atoms with Gasteiger partial charge in [0.1, 0.15) is 18.4 Å². The molecule has 1 N–H and O–H groups in total. The molecule has 0 aliphatic rings. The van der Waals surface area contributed by atoms with Gasteiger partial charge in [-0.25, -0.2) is 4.79 Å². The molecule has 45 heavy (non-hydrogen) atoms. The number of hydrogen-bond acceptors (Lipinski definition) is 6. The Kier molecular flexibility index (Phi) is 12.8. The number of para-hydroxylation sites is 1. The molecule has 0 aliphatic heterocycles. The van der Waals surface area contributed by atoms with Crippen LogP contribution in [-0.2, 0) is 27.3 Å². The van der Waals surface area contributed by atoms with Crippen LogP contribution in [0.4, 0.5) is 5.69 Å². The zero-order valence-electron chi connectivity index (χ0n) is 26.1. The van der Waals surface area contributed by atoms with Gasteiger partial charge in [-0.15, -0.1) is 0 Å². The van der Waals surface area contributed by atoms with Gasteiger partial charge in [0.2, 0.25) is 5.91 Å². The zero-order chi connectivity index (χ0) is 31.9. The average molecular weight is 607 g/mol. The Balaban J connectivity index is 1.37. The molecule has 0 fully saturated rings. The van der Waals surface area contributed by atoms with Gasteiger partial charge in [0.15, 0.2) is 5.78 Å². The summed E-state index contributed by atoms with van der Waals surface area (Å²) in [5, 5.41) is 3.24. The summed E-state index contributed by atoms with van der Waals surface area (Å²) in [5.41, 5.74) is 3.60. The second-order valence-corrected chi connectivity index (χ2v) is 10.9. The number of carbonyl (C=O) groups is 3. The molecule has 0 bridgehead atoms. The Morgan fingerprint density at radius 1 is 0.778 bits per heavy atom. The van der Waals surface area contributed by atoms with Crippen LogP contribution >= 0.6 is 0 Å². The second-order valence-electron chi connectivity index (χ2n) is 10.9. The number of ketones is 1. The molecule has 1 amide bonds. The monoisotopic (exact) mass is 606 g/mol. The van der Waals surface area contributed by atoms with E-state index in [1.807, 2.05) is 83.8 Å². The first-order valence-corrected chi connectivity index (χ1v) is 15.5. The van der Waals surface area contributed by atoms with Crippen molar-refractivity contribution in [2.45, 2.75) is 51.6 Å². The normalized spacial score (nSPS) is 11.3. The van der Waals surface area contributed by atoms with Gasteiger partial charge in [0.25, 0.3) is 0 Å². The van der Waals surface area contributed by atoms with Gasteiger partial charge >= 0.3 is 5.97 Å². The van der Waals surface area contributed by atoms with Crippen LogP contribution in [0.3, 0.4) is 0 Å². The van der Waals surface area contributed by atoms with Crippen molar-refractivity contribution >= 4 is 23.3 Å². The third kappa shape index (κ3) is 10.1. The van der Waals surface area contributed by atoms with Gasteiger partial charge in [-0.1, -0.05) is 105 Å². The van der Waals surface area contributed by atoms with Crippen molar-refractivity contribution in [3.63, 3.8) is 0 Å². The van der Waals surface area contributed by atoms with Crippen LogP contribution in [0.25, 0.3) is 0 Å². The Morgan fingerprint density at radius 3 is 2.13 bits per heavy atom. The molecular formula is C38H42N2O5. The summed E-state index contributed by atoms with van der Waals surface area (Å²) in [5.74, 6) is 0.256. The van der Waals surface area contributed by atoms with Crippen LogP contribution in [-0.4, -0.2) is 48.9 Å². The molecule has 7 nitrogen and oxygen atoms in total. The van der Waals surface area contributed by atoms with E-state index in [4.69, 9.17) is 9.47 Å². The molecule has 7 heteroatoms. The summed E-state index contributed by atoms with van der Waals surface area (Å²) in [6.07, 6.45) is 3.88. The molecule has 4 aromatic rings. The van der Waals surface area contributed by atoms with Crippen molar-refractivity contribution < 1.29 is 23.9 Å². The number of carbonyl (C=O) groups excluding carboxylic acids is 3. The summed E-state index contributed by atoms with van der Waals surface area (Å²) in [4.78, 5) is 40.8. The molecule has 4 rings (SSSR count). The van der Waals surface area contributed by atoms with Gasteiger partial charge in [-0.3, -0.25) is 9.59 Å². The SMILES string of the molecule is CCCCCC(=O)N(CCOc1ccc(C[C@H](Nc2ccccc2C(=O)c2ccccc2)C(=O)OC)cc1)Cc1ccccc1. The molecule has 0 unspecified atom stereocenters. The van der Waals surface area contributed by atoms with Crippen LogP contribution in [0, 0.1) is 0 Å². The van der Waals surface area contributed by atoms with E-state index < -0.39 is 12.0 Å². The third-order valence-corrected chi connectivity index (χ3v) is 7.58. The van der Waals surface area contributed by atoms with E-state index in [9.17, 15) is 14.4 Å². The molecule has 0 aromatic heterocycles. The van der Waals surface area contributed by atoms with Crippen LogP contribution in [0.5, 0.6) is 5.75 Å². The molecule has 0 saturated heterocycles. The molecule has 234 valence electrons. The second kappa shape index (κ2) is 17.4. The quantitative estimate of drug-likeness (QED) is 0.0784. The highest BCUT2D eigenvalue weighted by Gasteiger charge is 2.23.